The molecule has 0 saturated heterocycles. The molecule has 1 unspecified atom stereocenters. The second-order valence-electron chi connectivity index (χ2n) is 6.29. The fourth-order valence-corrected chi connectivity index (χ4v) is 2.83. The highest BCUT2D eigenvalue weighted by Gasteiger charge is 2.12. The monoisotopic (exact) mass is 405 g/mol. The van der Waals surface area contributed by atoms with E-state index < -0.39 is 0 Å². The number of ether oxygens (including phenoxy) is 2. The van der Waals surface area contributed by atoms with Crippen LogP contribution >= 0.6 is 15.9 Å². The van der Waals surface area contributed by atoms with Crippen molar-refractivity contribution in [3.8, 4) is 11.5 Å². The van der Waals surface area contributed by atoms with E-state index in [1.165, 1.54) is 11.1 Å². The summed E-state index contributed by atoms with van der Waals surface area (Å²) >= 11 is 3.66. The van der Waals surface area contributed by atoms with Gasteiger partial charge in [-0.1, -0.05) is 52.7 Å². The van der Waals surface area contributed by atoms with Crippen molar-refractivity contribution >= 4 is 15.9 Å². The smallest absolute Gasteiger partial charge is 0.162 e. The summed E-state index contributed by atoms with van der Waals surface area (Å²) in [6.45, 7) is 10.4. The summed E-state index contributed by atoms with van der Waals surface area (Å²) in [7, 11) is 0. The second kappa shape index (κ2) is 9.83. The lowest BCUT2D eigenvalue weighted by Gasteiger charge is -2.17. The maximum absolute atomic E-state index is 6.02. The fraction of sp³-hybridized carbons (Fsp3) is 0.429. The van der Waals surface area contributed by atoms with E-state index in [-0.39, 0.29) is 0 Å². The molecule has 2 rings (SSSR count). The summed E-state index contributed by atoms with van der Waals surface area (Å²) in [4.78, 5) is 0. The lowest BCUT2D eigenvalue weighted by molar-refractivity contribution is 0.268. The third kappa shape index (κ3) is 6.05. The summed E-state index contributed by atoms with van der Waals surface area (Å²) in [5.41, 5.74) is 3.57. The van der Waals surface area contributed by atoms with Crippen LogP contribution in [0, 0.1) is 6.92 Å². The first kappa shape index (κ1) is 19.8. The highest BCUT2D eigenvalue weighted by Crippen LogP contribution is 2.34. The molecule has 0 bridgehead atoms. The summed E-state index contributed by atoms with van der Waals surface area (Å²) in [6.07, 6.45) is 1.10. The van der Waals surface area contributed by atoms with E-state index in [9.17, 15) is 0 Å². The molecule has 2 aromatic rings. The zero-order valence-electron chi connectivity index (χ0n) is 15.6. The van der Waals surface area contributed by atoms with Crippen molar-refractivity contribution in [3.63, 3.8) is 0 Å². The third-order valence-corrected chi connectivity index (χ3v) is 4.92. The Hall–Kier alpha value is -1.52. The Labute approximate surface area is 159 Å². The molecule has 1 N–H and O–H groups in total. The molecular formula is C21H28BrNO2. The number of aryl methyl sites for hydroxylation is 1. The Morgan fingerprint density at radius 3 is 2.36 bits per heavy atom. The maximum Gasteiger partial charge on any atom is 0.162 e. The molecule has 0 aliphatic rings. The standard InChI is InChI=1S/C21H28BrNO2/c1-5-16(4)23-13-18-11-20(24-6-2)21(12-19(18)22)25-14-17-9-7-15(3)8-10-17/h7-12,16,23H,5-6,13-14H2,1-4H3. The fourth-order valence-electron chi connectivity index (χ4n) is 2.37. The summed E-state index contributed by atoms with van der Waals surface area (Å²) in [5, 5.41) is 3.51. The highest BCUT2D eigenvalue weighted by molar-refractivity contribution is 9.10. The van der Waals surface area contributed by atoms with Crippen LogP contribution in [0.25, 0.3) is 0 Å². The third-order valence-electron chi connectivity index (χ3n) is 4.18. The minimum atomic E-state index is 0.486. The Morgan fingerprint density at radius 2 is 1.72 bits per heavy atom. The Kier molecular flexibility index (Phi) is 7.79. The molecule has 25 heavy (non-hydrogen) atoms. The van der Waals surface area contributed by atoms with E-state index in [2.05, 4.69) is 72.3 Å². The first-order chi connectivity index (χ1) is 12.0. The van der Waals surface area contributed by atoms with Crippen LogP contribution in [0.2, 0.25) is 0 Å². The molecule has 3 nitrogen and oxygen atoms in total. The van der Waals surface area contributed by atoms with E-state index in [0.717, 1.165) is 34.5 Å². The molecule has 4 heteroatoms. The van der Waals surface area contributed by atoms with Crippen molar-refractivity contribution in [2.75, 3.05) is 6.61 Å². The van der Waals surface area contributed by atoms with E-state index in [1.54, 1.807) is 0 Å². The molecule has 0 amide bonds. The van der Waals surface area contributed by atoms with Crippen LogP contribution < -0.4 is 14.8 Å². The Balaban J connectivity index is 2.13. The second-order valence-corrected chi connectivity index (χ2v) is 7.14. The van der Waals surface area contributed by atoms with Crippen LogP contribution in [-0.2, 0) is 13.2 Å². The average molecular weight is 406 g/mol. The summed E-state index contributed by atoms with van der Waals surface area (Å²) < 4.78 is 12.9. The Morgan fingerprint density at radius 1 is 1.04 bits per heavy atom. The Bertz CT molecular complexity index is 670. The molecule has 0 saturated carbocycles. The SMILES string of the molecule is CCOc1cc(CNC(C)CC)c(Br)cc1OCc1ccc(C)cc1. The lowest BCUT2D eigenvalue weighted by Crippen LogP contribution is -2.24. The zero-order valence-corrected chi connectivity index (χ0v) is 17.2. The number of halogens is 1. The molecule has 0 spiro atoms. The zero-order chi connectivity index (χ0) is 18.2. The van der Waals surface area contributed by atoms with Gasteiger partial charge in [-0.25, -0.2) is 0 Å². The van der Waals surface area contributed by atoms with Gasteiger partial charge < -0.3 is 14.8 Å². The molecule has 136 valence electrons. The number of rotatable bonds is 9. The highest BCUT2D eigenvalue weighted by atomic mass is 79.9. The van der Waals surface area contributed by atoms with Gasteiger partial charge in [0.15, 0.2) is 11.5 Å². The van der Waals surface area contributed by atoms with Gasteiger partial charge in [0.05, 0.1) is 6.61 Å². The summed E-state index contributed by atoms with van der Waals surface area (Å²) in [6, 6.07) is 12.9. The van der Waals surface area contributed by atoms with Gasteiger partial charge in [0, 0.05) is 17.1 Å². The van der Waals surface area contributed by atoms with Crippen molar-refractivity contribution in [2.24, 2.45) is 0 Å². The summed E-state index contributed by atoms with van der Waals surface area (Å²) in [5.74, 6) is 1.56. The average Bonchev–Trinajstić information content (AvgIpc) is 2.61. The van der Waals surface area contributed by atoms with Crippen molar-refractivity contribution in [1.29, 1.82) is 0 Å². The van der Waals surface area contributed by atoms with Gasteiger partial charge >= 0.3 is 0 Å². The van der Waals surface area contributed by atoms with E-state index >= 15 is 0 Å². The van der Waals surface area contributed by atoms with Crippen molar-refractivity contribution in [2.45, 2.75) is 53.3 Å². The van der Waals surface area contributed by atoms with Crippen LogP contribution in [0.5, 0.6) is 11.5 Å². The predicted molar refractivity (Wildman–Crippen MR) is 107 cm³/mol. The topological polar surface area (TPSA) is 30.5 Å². The van der Waals surface area contributed by atoms with Crippen molar-refractivity contribution in [3.05, 3.63) is 57.6 Å². The molecule has 2 aromatic carbocycles. The van der Waals surface area contributed by atoms with E-state index in [0.29, 0.717) is 19.3 Å². The largest absolute Gasteiger partial charge is 0.490 e. The van der Waals surface area contributed by atoms with Gasteiger partial charge in [-0.3, -0.25) is 0 Å². The molecule has 0 aliphatic carbocycles. The predicted octanol–water partition coefficient (Wildman–Crippen LogP) is 5.62. The maximum atomic E-state index is 6.02. The van der Waals surface area contributed by atoms with Crippen LogP contribution in [0.15, 0.2) is 40.9 Å². The quantitative estimate of drug-likeness (QED) is 0.586. The van der Waals surface area contributed by atoms with Gasteiger partial charge in [-0.15, -0.1) is 0 Å². The van der Waals surface area contributed by atoms with Gasteiger partial charge in [0.1, 0.15) is 6.61 Å². The van der Waals surface area contributed by atoms with Crippen LogP contribution in [-0.4, -0.2) is 12.6 Å². The number of hydrogen-bond acceptors (Lipinski definition) is 3. The van der Waals surface area contributed by atoms with Gasteiger partial charge in [0.25, 0.3) is 0 Å². The van der Waals surface area contributed by atoms with E-state index in [4.69, 9.17) is 9.47 Å². The van der Waals surface area contributed by atoms with Gasteiger partial charge in [-0.05, 0) is 50.5 Å². The normalized spacial score (nSPS) is 12.0. The van der Waals surface area contributed by atoms with Crippen molar-refractivity contribution < 1.29 is 9.47 Å². The van der Waals surface area contributed by atoms with Gasteiger partial charge in [0.2, 0.25) is 0 Å². The van der Waals surface area contributed by atoms with Gasteiger partial charge in [-0.2, -0.15) is 0 Å². The van der Waals surface area contributed by atoms with Crippen LogP contribution in [0.4, 0.5) is 0 Å². The first-order valence-corrected chi connectivity index (χ1v) is 9.69. The molecule has 0 aromatic heterocycles. The number of benzene rings is 2. The van der Waals surface area contributed by atoms with Crippen molar-refractivity contribution in [1.82, 2.24) is 5.32 Å². The first-order valence-electron chi connectivity index (χ1n) is 8.90. The molecule has 0 fully saturated rings. The molecule has 1 atom stereocenters. The number of nitrogens with one attached hydrogen (secondary N) is 1. The molecular weight excluding hydrogens is 378 g/mol. The minimum Gasteiger partial charge on any atom is -0.490 e. The molecule has 0 aliphatic heterocycles. The number of hydrogen-bond donors (Lipinski definition) is 1. The van der Waals surface area contributed by atoms with Crippen LogP contribution in [0.3, 0.4) is 0 Å². The minimum absolute atomic E-state index is 0.486. The molecule has 0 radical (unpaired) electrons. The van der Waals surface area contributed by atoms with E-state index in [1.807, 2.05) is 13.0 Å². The lowest BCUT2D eigenvalue weighted by atomic mass is 10.1. The molecule has 0 heterocycles. The van der Waals surface area contributed by atoms with Crippen LogP contribution in [0.1, 0.15) is 43.9 Å².